The summed E-state index contributed by atoms with van der Waals surface area (Å²) in [6, 6.07) is 15.5. The molecule has 156 valence electrons. The van der Waals surface area contributed by atoms with Gasteiger partial charge in [0.05, 0.1) is 18.4 Å². The van der Waals surface area contributed by atoms with Crippen LogP contribution in [-0.2, 0) is 9.59 Å². The number of pyridine rings is 1. The van der Waals surface area contributed by atoms with E-state index in [1.165, 1.54) is 0 Å². The Hall–Kier alpha value is -3.32. The summed E-state index contributed by atoms with van der Waals surface area (Å²) in [6.07, 6.45) is 2.02. The first kappa shape index (κ1) is 21.4. The predicted octanol–water partition coefficient (Wildman–Crippen LogP) is 3.26. The number of carboxylic acid groups (broad SMARTS) is 1. The lowest BCUT2D eigenvalue weighted by molar-refractivity contribution is -0.140. The SMILES string of the molecule is Cl.Nc1nccc2cc(-c3ccc(OC[C@@H]4C[C@@H](CC(=O)O)C(=O)N4)cc3)ccc12. The standard InChI is InChI=1S/C22H21N3O4.ClH/c23-21-19-6-3-14(9-15(19)7-8-24-21)13-1-4-18(5-2-13)29-12-17-10-16(11-20(26)27)22(28)25-17;/h1-9,16-17H,10-12H2,(H2,23,24)(H,25,28)(H,26,27);1H/t16-,17-;/m0./s1. The number of carboxylic acids is 1. The van der Waals surface area contributed by atoms with Crippen LogP contribution in [-0.4, -0.2) is 34.6 Å². The number of hydrogen-bond acceptors (Lipinski definition) is 5. The van der Waals surface area contributed by atoms with Crippen LogP contribution < -0.4 is 15.8 Å². The number of ether oxygens (including phenoxy) is 1. The maximum absolute atomic E-state index is 11.8. The number of nitrogens with zero attached hydrogens (tertiary/aromatic N) is 1. The Morgan fingerprint density at radius 1 is 1.17 bits per heavy atom. The second-order valence-electron chi connectivity index (χ2n) is 7.20. The molecule has 2 atom stereocenters. The Morgan fingerprint density at radius 2 is 1.90 bits per heavy atom. The molecule has 2 heterocycles. The van der Waals surface area contributed by atoms with E-state index < -0.39 is 11.9 Å². The summed E-state index contributed by atoms with van der Waals surface area (Å²) < 4.78 is 5.78. The molecule has 1 fully saturated rings. The van der Waals surface area contributed by atoms with Gasteiger partial charge in [-0.3, -0.25) is 9.59 Å². The van der Waals surface area contributed by atoms with Crippen LogP contribution in [0.4, 0.5) is 5.82 Å². The molecule has 1 aliphatic heterocycles. The molecule has 3 aromatic rings. The van der Waals surface area contributed by atoms with Crippen LogP contribution >= 0.6 is 12.4 Å². The number of benzene rings is 2. The number of fused-ring (bicyclic) bond motifs is 1. The van der Waals surface area contributed by atoms with Gasteiger partial charge in [0.2, 0.25) is 5.91 Å². The van der Waals surface area contributed by atoms with Crippen LogP contribution in [0.2, 0.25) is 0 Å². The number of nitrogens with two attached hydrogens (primary N) is 1. The second-order valence-corrected chi connectivity index (χ2v) is 7.20. The second kappa shape index (κ2) is 9.00. The first-order valence-electron chi connectivity index (χ1n) is 9.39. The number of halogens is 1. The van der Waals surface area contributed by atoms with E-state index in [0.29, 0.717) is 24.6 Å². The fourth-order valence-corrected chi connectivity index (χ4v) is 3.65. The van der Waals surface area contributed by atoms with Crippen molar-refractivity contribution in [2.45, 2.75) is 18.9 Å². The topological polar surface area (TPSA) is 115 Å². The molecule has 4 rings (SSSR count). The van der Waals surface area contributed by atoms with Crippen molar-refractivity contribution in [3.63, 3.8) is 0 Å². The van der Waals surface area contributed by atoms with E-state index in [0.717, 1.165) is 21.9 Å². The normalized spacial score (nSPS) is 17.9. The van der Waals surface area contributed by atoms with Crippen LogP contribution in [0.1, 0.15) is 12.8 Å². The Labute approximate surface area is 179 Å². The van der Waals surface area contributed by atoms with E-state index in [1.807, 2.05) is 42.5 Å². The molecule has 1 saturated heterocycles. The van der Waals surface area contributed by atoms with Crippen molar-refractivity contribution in [3.05, 3.63) is 54.7 Å². The molecule has 0 bridgehead atoms. The van der Waals surface area contributed by atoms with Crippen molar-refractivity contribution in [1.29, 1.82) is 0 Å². The average Bonchev–Trinajstić information content (AvgIpc) is 3.05. The molecule has 0 radical (unpaired) electrons. The van der Waals surface area contributed by atoms with Gasteiger partial charge < -0.3 is 20.9 Å². The highest BCUT2D eigenvalue weighted by molar-refractivity contribution is 5.93. The molecule has 1 aromatic heterocycles. The Balaban J connectivity index is 0.00000256. The minimum absolute atomic E-state index is 0. The summed E-state index contributed by atoms with van der Waals surface area (Å²) in [5.41, 5.74) is 8.02. The lowest BCUT2D eigenvalue weighted by Gasteiger charge is -2.12. The van der Waals surface area contributed by atoms with E-state index in [4.69, 9.17) is 15.6 Å². The van der Waals surface area contributed by atoms with Gasteiger partial charge in [0.25, 0.3) is 0 Å². The monoisotopic (exact) mass is 427 g/mol. The molecule has 2 aromatic carbocycles. The highest BCUT2D eigenvalue weighted by Crippen LogP contribution is 2.28. The molecule has 30 heavy (non-hydrogen) atoms. The fraction of sp³-hybridized carbons (Fsp3) is 0.227. The molecule has 0 saturated carbocycles. The van der Waals surface area contributed by atoms with Crippen molar-refractivity contribution in [2.24, 2.45) is 5.92 Å². The van der Waals surface area contributed by atoms with Crippen molar-refractivity contribution in [3.8, 4) is 16.9 Å². The minimum Gasteiger partial charge on any atom is -0.491 e. The lowest BCUT2D eigenvalue weighted by atomic mass is 10.0. The molecular formula is C22H22ClN3O4. The van der Waals surface area contributed by atoms with Gasteiger partial charge in [-0.2, -0.15) is 0 Å². The quantitative estimate of drug-likeness (QED) is 0.556. The zero-order valence-corrected chi connectivity index (χ0v) is 16.9. The minimum atomic E-state index is -0.963. The zero-order valence-electron chi connectivity index (χ0n) is 16.1. The number of carbonyl (C=O) groups is 2. The smallest absolute Gasteiger partial charge is 0.304 e. The lowest BCUT2D eigenvalue weighted by Crippen LogP contribution is -2.31. The first-order chi connectivity index (χ1) is 14.0. The van der Waals surface area contributed by atoms with Crippen LogP contribution in [0.25, 0.3) is 21.9 Å². The van der Waals surface area contributed by atoms with Gasteiger partial charge >= 0.3 is 5.97 Å². The summed E-state index contributed by atoms with van der Waals surface area (Å²) in [5, 5.41) is 13.6. The summed E-state index contributed by atoms with van der Waals surface area (Å²) in [6.45, 7) is 0.309. The largest absolute Gasteiger partial charge is 0.491 e. The van der Waals surface area contributed by atoms with Gasteiger partial charge in [0.15, 0.2) is 0 Å². The maximum atomic E-state index is 11.8. The number of carbonyl (C=O) groups excluding carboxylic acids is 1. The summed E-state index contributed by atoms with van der Waals surface area (Å²) in [4.78, 5) is 26.7. The highest BCUT2D eigenvalue weighted by Gasteiger charge is 2.33. The predicted molar refractivity (Wildman–Crippen MR) is 117 cm³/mol. The van der Waals surface area contributed by atoms with Gasteiger partial charge in [-0.05, 0) is 47.2 Å². The van der Waals surface area contributed by atoms with Crippen LogP contribution in [0.3, 0.4) is 0 Å². The van der Waals surface area contributed by atoms with Crippen LogP contribution in [0, 0.1) is 5.92 Å². The molecule has 1 aliphatic rings. The third-order valence-corrected chi connectivity index (χ3v) is 5.14. The molecule has 7 nitrogen and oxygen atoms in total. The molecular weight excluding hydrogens is 406 g/mol. The maximum Gasteiger partial charge on any atom is 0.304 e. The summed E-state index contributed by atoms with van der Waals surface area (Å²) >= 11 is 0. The van der Waals surface area contributed by atoms with Crippen molar-refractivity contribution in [1.82, 2.24) is 10.3 Å². The number of nitrogens with one attached hydrogen (secondary N) is 1. The van der Waals surface area contributed by atoms with E-state index in [1.54, 1.807) is 6.20 Å². The van der Waals surface area contributed by atoms with E-state index >= 15 is 0 Å². The molecule has 8 heteroatoms. The van der Waals surface area contributed by atoms with Gasteiger partial charge in [0.1, 0.15) is 18.2 Å². The van der Waals surface area contributed by atoms with Crippen molar-refractivity contribution < 1.29 is 19.4 Å². The van der Waals surface area contributed by atoms with E-state index in [-0.39, 0.29) is 30.8 Å². The first-order valence-corrected chi connectivity index (χ1v) is 9.39. The number of rotatable bonds is 6. The Morgan fingerprint density at radius 3 is 2.63 bits per heavy atom. The number of anilines is 1. The molecule has 0 aliphatic carbocycles. The van der Waals surface area contributed by atoms with E-state index in [9.17, 15) is 9.59 Å². The fourth-order valence-electron chi connectivity index (χ4n) is 3.65. The molecule has 0 unspecified atom stereocenters. The third kappa shape index (κ3) is 4.63. The molecule has 0 spiro atoms. The Bertz CT molecular complexity index is 1070. The van der Waals surface area contributed by atoms with Crippen molar-refractivity contribution >= 4 is 40.9 Å². The highest BCUT2D eigenvalue weighted by atomic mass is 35.5. The number of nitrogen functional groups attached to an aromatic ring is 1. The number of aromatic nitrogens is 1. The van der Waals surface area contributed by atoms with E-state index in [2.05, 4.69) is 16.4 Å². The number of amides is 1. The average molecular weight is 428 g/mol. The van der Waals surface area contributed by atoms with Gasteiger partial charge in [-0.15, -0.1) is 12.4 Å². The van der Waals surface area contributed by atoms with Gasteiger partial charge in [-0.1, -0.05) is 24.3 Å². The van der Waals surface area contributed by atoms with Gasteiger partial charge in [-0.25, -0.2) is 4.98 Å². The zero-order chi connectivity index (χ0) is 20.4. The summed E-state index contributed by atoms with van der Waals surface area (Å²) in [7, 11) is 0. The van der Waals surface area contributed by atoms with Crippen LogP contribution in [0.5, 0.6) is 5.75 Å². The number of aliphatic carboxylic acids is 1. The molecule has 1 amide bonds. The van der Waals surface area contributed by atoms with Crippen molar-refractivity contribution in [2.75, 3.05) is 12.3 Å². The Kier molecular flexibility index (Phi) is 6.42. The van der Waals surface area contributed by atoms with Gasteiger partial charge in [0, 0.05) is 11.6 Å². The summed E-state index contributed by atoms with van der Waals surface area (Å²) in [5.74, 6) is -0.458. The van der Waals surface area contributed by atoms with Crippen LogP contribution in [0.15, 0.2) is 54.7 Å². The number of hydrogen-bond donors (Lipinski definition) is 3. The molecule has 4 N–H and O–H groups in total. The third-order valence-electron chi connectivity index (χ3n) is 5.14.